The summed E-state index contributed by atoms with van der Waals surface area (Å²) in [4.78, 5) is 10.6. The van der Waals surface area contributed by atoms with E-state index in [1.165, 1.54) is 0 Å². The molecule has 1 rings (SSSR count). The second kappa shape index (κ2) is 7.57. The molecule has 156 valence electrons. The molecule has 0 aromatic rings. The lowest BCUT2D eigenvalue weighted by Gasteiger charge is -2.50. The van der Waals surface area contributed by atoms with Gasteiger partial charge in [0.15, 0.2) is 16.6 Å². The third-order valence-electron chi connectivity index (χ3n) is 7.06. The minimum absolute atomic E-state index is 0.00370. The maximum atomic E-state index is 11.1. The summed E-state index contributed by atoms with van der Waals surface area (Å²) in [5.74, 6) is -0.218. The van der Waals surface area contributed by atoms with E-state index in [1.807, 2.05) is 26.9 Å². The van der Waals surface area contributed by atoms with Crippen LogP contribution >= 0.6 is 0 Å². The van der Waals surface area contributed by atoms with Gasteiger partial charge in [-0.3, -0.25) is 0 Å². The Morgan fingerprint density at radius 1 is 1.04 bits per heavy atom. The third kappa shape index (κ3) is 5.40. The van der Waals surface area contributed by atoms with Crippen molar-refractivity contribution >= 4 is 16.6 Å². The van der Waals surface area contributed by atoms with Crippen LogP contribution in [0.4, 0.5) is 0 Å². The van der Waals surface area contributed by atoms with Gasteiger partial charge in [-0.1, -0.05) is 34.6 Å². The van der Waals surface area contributed by atoms with Gasteiger partial charge in [0.25, 0.3) is 0 Å². The lowest BCUT2D eigenvalue weighted by atomic mass is 9.72. The molecule has 0 heterocycles. The van der Waals surface area contributed by atoms with Crippen LogP contribution in [-0.4, -0.2) is 61.2 Å². The Labute approximate surface area is 162 Å². The van der Waals surface area contributed by atoms with E-state index in [1.54, 1.807) is 0 Å². The molecule has 0 saturated heterocycles. The molecule has 1 aliphatic rings. The van der Waals surface area contributed by atoms with Crippen molar-refractivity contribution in [1.29, 1.82) is 0 Å². The summed E-state index contributed by atoms with van der Waals surface area (Å²) >= 11 is 0. The quantitative estimate of drug-likeness (QED) is 0.508. The normalized spacial score (nSPS) is 32.0. The van der Waals surface area contributed by atoms with Crippen LogP contribution in [0.3, 0.4) is 0 Å². The van der Waals surface area contributed by atoms with Crippen molar-refractivity contribution < 1.29 is 24.5 Å². The predicted octanol–water partition coefficient (Wildman–Crippen LogP) is 3.24. The maximum absolute atomic E-state index is 11.1. The van der Waals surface area contributed by atoms with Crippen LogP contribution in [0.15, 0.2) is 0 Å². The van der Waals surface area contributed by atoms with Crippen molar-refractivity contribution in [2.75, 3.05) is 6.61 Å². The molecule has 0 aromatic carbocycles. The molecule has 4 atom stereocenters. The van der Waals surface area contributed by atoms with Crippen molar-refractivity contribution in [2.24, 2.45) is 5.92 Å². The fourth-order valence-corrected chi connectivity index (χ4v) is 5.48. The molecule has 0 aromatic heterocycles. The number of aliphatic hydroxyl groups excluding tert-OH is 2. The fraction of sp³-hybridized carbons (Fsp3) is 1.00. The van der Waals surface area contributed by atoms with Gasteiger partial charge in [0.2, 0.25) is 0 Å². The lowest BCUT2D eigenvalue weighted by molar-refractivity contribution is -0.142. The van der Waals surface area contributed by atoms with Crippen molar-refractivity contribution in [2.45, 2.75) is 108 Å². The lowest BCUT2D eigenvalue weighted by Crippen LogP contribution is -2.57. The first-order chi connectivity index (χ1) is 11.4. The number of hydrogen-bond acceptors (Lipinski definition) is 5. The minimum atomic E-state index is -2.44. The zero-order valence-corrected chi connectivity index (χ0v) is 20.3. The predicted molar refractivity (Wildman–Crippen MR) is 111 cm³/mol. The largest absolute Gasteiger partial charge is 0.432 e. The van der Waals surface area contributed by atoms with Gasteiger partial charge in [0, 0.05) is 6.42 Å². The SMILES string of the molecule is CC(C)(CC1C[C@@](O)(CO)C[C@@H](O[Si](C)(C)C(C)(C)C)C1O)[Si](C)(C)O. The second-order valence-corrected chi connectivity index (χ2v) is 20.3. The molecule has 5 nitrogen and oxygen atoms in total. The number of rotatable bonds is 6. The van der Waals surface area contributed by atoms with E-state index in [4.69, 9.17) is 4.43 Å². The van der Waals surface area contributed by atoms with Gasteiger partial charge in [-0.25, -0.2) is 0 Å². The van der Waals surface area contributed by atoms with Crippen LogP contribution < -0.4 is 0 Å². The Morgan fingerprint density at radius 2 is 1.54 bits per heavy atom. The molecule has 26 heavy (non-hydrogen) atoms. The second-order valence-electron chi connectivity index (χ2n) is 11.1. The molecule has 1 saturated carbocycles. The smallest absolute Gasteiger partial charge is 0.192 e. The van der Waals surface area contributed by atoms with Crippen LogP contribution in [0.1, 0.15) is 53.9 Å². The molecule has 2 unspecified atom stereocenters. The van der Waals surface area contributed by atoms with Gasteiger partial charge in [-0.15, -0.1) is 0 Å². The summed E-state index contributed by atoms with van der Waals surface area (Å²) in [7, 11) is -4.57. The Balaban J connectivity index is 3.11. The monoisotopic (exact) mass is 406 g/mol. The van der Waals surface area contributed by atoms with E-state index in [2.05, 4.69) is 33.9 Å². The first kappa shape index (κ1) is 24.3. The summed E-state index contributed by atoms with van der Waals surface area (Å²) in [5.41, 5.74) is -1.24. The third-order valence-corrected chi connectivity index (χ3v) is 15.1. The number of hydrogen-bond donors (Lipinski definition) is 4. The van der Waals surface area contributed by atoms with E-state index >= 15 is 0 Å². The Kier molecular flexibility index (Phi) is 7.07. The first-order valence-electron chi connectivity index (χ1n) is 9.77. The van der Waals surface area contributed by atoms with Crippen molar-refractivity contribution in [3.05, 3.63) is 0 Å². The Hall–Kier alpha value is 0.234. The molecule has 1 aliphatic carbocycles. The van der Waals surface area contributed by atoms with Gasteiger partial charge in [0.1, 0.15) is 0 Å². The molecular weight excluding hydrogens is 364 g/mol. The molecule has 7 heteroatoms. The summed E-state index contributed by atoms with van der Waals surface area (Å²) in [5, 5.41) is 31.4. The van der Waals surface area contributed by atoms with Crippen LogP contribution in [0.2, 0.25) is 36.3 Å². The van der Waals surface area contributed by atoms with Crippen molar-refractivity contribution in [3.63, 3.8) is 0 Å². The number of aliphatic hydroxyl groups is 3. The van der Waals surface area contributed by atoms with E-state index in [-0.39, 0.29) is 29.0 Å². The highest BCUT2D eigenvalue weighted by atomic mass is 28.4. The standard InChI is InChI=1S/C19H42O5Si2/c1-17(2,3)26(8,9)24-15-12-19(22,13-20)11-14(16(15)21)10-18(4,5)25(6,7)23/h14-16,20-23H,10-13H2,1-9H3/t14?,15-,16?,19+/m1/s1. The van der Waals surface area contributed by atoms with Gasteiger partial charge in [0.05, 0.1) is 24.4 Å². The van der Waals surface area contributed by atoms with E-state index < -0.39 is 34.4 Å². The van der Waals surface area contributed by atoms with E-state index in [0.29, 0.717) is 12.8 Å². The molecule has 0 radical (unpaired) electrons. The first-order valence-corrected chi connectivity index (χ1v) is 15.6. The average Bonchev–Trinajstić information content (AvgIpc) is 2.41. The van der Waals surface area contributed by atoms with Gasteiger partial charge < -0.3 is 24.5 Å². The van der Waals surface area contributed by atoms with Crippen LogP contribution in [0.5, 0.6) is 0 Å². The Bertz CT molecular complexity index is 441. The summed E-state index contributed by atoms with van der Waals surface area (Å²) in [6, 6.07) is 0. The molecule has 0 aliphatic heterocycles. The van der Waals surface area contributed by atoms with E-state index in [9.17, 15) is 20.1 Å². The highest BCUT2D eigenvalue weighted by Crippen LogP contribution is 2.48. The molecule has 0 spiro atoms. The zero-order chi connectivity index (χ0) is 20.8. The van der Waals surface area contributed by atoms with Crippen LogP contribution in [-0.2, 0) is 4.43 Å². The summed E-state index contributed by atoms with van der Waals surface area (Å²) in [6.45, 7) is 18.2. The zero-order valence-electron chi connectivity index (χ0n) is 18.3. The van der Waals surface area contributed by atoms with Gasteiger partial charge >= 0.3 is 0 Å². The topological polar surface area (TPSA) is 90.2 Å². The summed E-state index contributed by atoms with van der Waals surface area (Å²) in [6.07, 6.45) is -0.0225. The van der Waals surface area contributed by atoms with Gasteiger partial charge in [-0.05, 0) is 55.0 Å². The fourth-order valence-electron chi connectivity index (χ4n) is 3.38. The van der Waals surface area contributed by atoms with Gasteiger partial charge in [-0.2, -0.15) is 0 Å². The minimum Gasteiger partial charge on any atom is -0.432 e. The van der Waals surface area contributed by atoms with Crippen molar-refractivity contribution in [1.82, 2.24) is 0 Å². The molecule has 4 N–H and O–H groups in total. The molecule has 0 bridgehead atoms. The highest BCUT2D eigenvalue weighted by molar-refractivity contribution is 6.74. The van der Waals surface area contributed by atoms with Crippen molar-refractivity contribution in [3.8, 4) is 0 Å². The highest BCUT2D eigenvalue weighted by Gasteiger charge is 2.51. The molecule has 1 fully saturated rings. The Morgan fingerprint density at radius 3 is 1.92 bits per heavy atom. The molecular formula is C19H42O5Si2. The maximum Gasteiger partial charge on any atom is 0.192 e. The van der Waals surface area contributed by atoms with Crippen LogP contribution in [0, 0.1) is 5.92 Å². The average molecular weight is 407 g/mol. The summed E-state index contributed by atoms with van der Waals surface area (Å²) < 4.78 is 6.45. The van der Waals surface area contributed by atoms with E-state index in [0.717, 1.165) is 0 Å². The molecule has 0 amide bonds. The van der Waals surface area contributed by atoms with Crippen LogP contribution in [0.25, 0.3) is 0 Å².